The smallest absolute Gasteiger partial charge is 0.0392 e. The molecule has 1 aliphatic heterocycles. The standard InChI is InChI=1S/C4H7IS2/c5-4-1-6-3-7-2-4/h4H,1-3H2. The van der Waals surface area contributed by atoms with E-state index < -0.39 is 0 Å². The van der Waals surface area contributed by atoms with Gasteiger partial charge in [-0.2, -0.15) is 0 Å². The Labute approximate surface area is 66.3 Å². The monoisotopic (exact) mass is 246 g/mol. The molecule has 7 heavy (non-hydrogen) atoms. The first-order valence-electron chi connectivity index (χ1n) is 2.19. The normalized spacial score (nSPS) is 25.3. The molecule has 0 radical (unpaired) electrons. The van der Waals surface area contributed by atoms with E-state index in [1.807, 2.05) is 0 Å². The van der Waals surface area contributed by atoms with E-state index in [1.54, 1.807) is 0 Å². The van der Waals surface area contributed by atoms with Gasteiger partial charge in [0.25, 0.3) is 0 Å². The molecule has 1 fully saturated rings. The molecule has 0 N–H and O–H groups in total. The van der Waals surface area contributed by atoms with Crippen LogP contribution in [-0.4, -0.2) is 20.5 Å². The maximum Gasteiger partial charge on any atom is 0.0392 e. The van der Waals surface area contributed by atoms with Crippen LogP contribution in [-0.2, 0) is 0 Å². The zero-order valence-corrected chi connectivity index (χ0v) is 7.68. The van der Waals surface area contributed by atoms with E-state index in [2.05, 4.69) is 46.1 Å². The molecule has 0 bridgehead atoms. The summed E-state index contributed by atoms with van der Waals surface area (Å²) in [6.07, 6.45) is 0. The predicted octanol–water partition coefficient (Wildman–Crippen LogP) is 2.23. The van der Waals surface area contributed by atoms with Crippen LogP contribution >= 0.6 is 46.1 Å². The summed E-state index contributed by atoms with van der Waals surface area (Å²) in [7, 11) is 0. The lowest BCUT2D eigenvalue weighted by molar-refractivity contribution is 1.19. The van der Waals surface area contributed by atoms with Crippen LogP contribution in [0.3, 0.4) is 0 Å². The van der Waals surface area contributed by atoms with Gasteiger partial charge in [0, 0.05) is 20.5 Å². The number of halogens is 1. The summed E-state index contributed by atoms with van der Waals surface area (Å²) in [4.78, 5) is 0. The highest BCUT2D eigenvalue weighted by atomic mass is 127. The molecule has 0 atom stereocenters. The third-order valence-electron chi connectivity index (χ3n) is 0.764. The molecule has 0 saturated carbocycles. The van der Waals surface area contributed by atoms with Gasteiger partial charge >= 0.3 is 0 Å². The van der Waals surface area contributed by atoms with Crippen molar-refractivity contribution in [3.05, 3.63) is 0 Å². The van der Waals surface area contributed by atoms with Gasteiger partial charge in [0.05, 0.1) is 0 Å². The van der Waals surface area contributed by atoms with E-state index in [1.165, 1.54) is 16.6 Å². The highest BCUT2D eigenvalue weighted by molar-refractivity contribution is 14.1. The zero-order chi connectivity index (χ0) is 5.11. The molecule has 0 spiro atoms. The van der Waals surface area contributed by atoms with E-state index in [0.717, 1.165) is 3.92 Å². The molecule has 1 saturated heterocycles. The molecule has 0 aromatic rings. The van der Waals surface area contributed by atoms with Crippen LogP contribution in [0.25, 0.3) is 0 Å². The summed E-state index contributed by atoms with van der Waals surface area (Å²) in [5.74, 6) is 2.74. The predicted molar refractivity (Wildman–Crippen MR) is 47.6 cm³/mol. The number of hydrogen-bond donors (Lipinski definition) is 0. The average molecular weight is 246 g/mol. The Morgan fingerprint density at radius 3 is 2.14 bits per heavy atom. The molecule has 1 heterocycles. The van der Waals surface area contributed by atoms with Crippen molar-refractivity contribution in [2.75, 3.05) is 16.6 Å². The Morgan fingerprint density at radius 1 is 1.29 bits per heavy atom. The SMILES string of the molecule is IC1CSCSC1. The minimum absolute atomic E-state index is 0.932. The van der Waals surface area contributed by atoms with Crippen LogP contribution < -0.4 is 0 Å². The van der Waals surface area contributed by atoms with Crippen molar-refractivity contribution in [3.8, 4) is 0 Å². The molecular weight excluding hydrogens is 239 g/mol. The van der Waals surface area contributed by atoms with E-state index in [9.17, 15) is 0 Å². The molecule has 1 rings (SSSR count). The zero-order valence-electron chi connectivity index (χ0n) is 3.89. The molecule has 0 aliphatic carbocycles. The molecule has 0 nitrogen and oxygen atoms in total. The van der Waals surface area contributed by atoms with Gasteiger partial charge < -0.3 is 0 Å². The number of rotatable bonds is 0. The molecule has 0 amide bonds. The van der Waals surface area contributed by atoms with Crippen molar-refractivity contribution in [2.24, 2.45) is 0 Å². The fourth-order valence-electron chi connectivity index (χ4n) is 0.459. The lowest BCUT2D eigenvalue weighted by Crippen LogP contribution is -2.09. The van der Waals surface area contributed by atoms with Gasteiger partial charge in [-0.25, -0.2) is 0 Å². The number of hydrogen-bond acceptors (Lipinski definition) is 2. The first kappa shape index (κ1) is 6.55. The summed E-state index contributed by atoms with van der Waals surface area (Å²) < 4.78 is 0.932. The van der Waals surface area contributed by atoms with Crippen LogP contribution in [0.1, 0.15) is 0 Å². The van der Waals surface area contributed by atoms with E-state index in [4.69, 9.17) is 0 Å². The Hall–Kier alpha value is 1.43. The second-order valence-corrected chi connectivity index (χ2v) is 5.64. The third kappa shape index (κ3) is 2.46. The van der Waals surface area contributed by atoms with E-state index in [-0.39, 0.29) is 0 Å². The highest BCUT2D eigenvalue weighted by Crippen LogP contribution is 2.25. The lowest BCUT2D eigenvalue weighted by Gasteiger charge is -2.13. The Balaban J connectivity index is 2.12. The maximum atomic E-state index is 2.52. The summed E-state index contributed by atoms with van der Waals surface area (Å²) in [6.45, 7) is 0. The molecular formula is C4H7IS2. The van der Waals surface area contributed by atoms with Crippen molar-refractivity contribution in [2.45, 2.75) is 3.92 Å². The molecule has 0 unspecified atom stereocenters. The fraction of sp³-hybridized carbons (Fsp3) is 1.00. The van der Waals surface area contributed by atoms with Crippen LogP contribution in [0.5, 0.6) is 0 Å². The van der Waals surface area contributed by atoms with Crippen LogP contribution in [0.2, 0.25) is 0 Å². The van der Waals surface area contributed by atoms with Crippen molar-refractivity contribution in [1.29, 1.82) is 0 Å². The summed E-state index contributed by atoms with van der Waals surface area (Å²) in [5.41, 5.74) is 0. The molecule has 0 aromatic heterocycles. The van der Waals surface area contributed by atoms with Gasteiger partial charge in [0.15, 0.2) is 0 Å². The van der Waals surface area contributed by atoms with Gasteiger partial charge in [0.2, 0.25) is 0 Å². The van der Waals surface area contributed by atoms with Gasteiger partial charge in [-0.05, 0) is 0 Å². The second kappa shape index (κ2) is 3.45. The highest BCUT2D eigenvalue weighted by Gasteiger charge is 2.08. The van der Waals surface area contributed by atoms with E-state index in [0.29, 0.717) is 0 Å². The van der Waals surface area contributed by atoms with Gasteiger partial charge in [-0.15, -0.1) is 23.5 Å². The van der Waals surface area contributed by atoms with E-state index >= 15 is 0 Å². The first-order valence-corrected chi connectivity index (χ1v) is 5.74. The third-order valence-corrected chi connectivity index (χ3v) is 5.45. The second-order valence-electron chi connectivity index (χ2n) is 1.46. The molecule has 3 heteroatoms. The van der Waals surface area contributed by atoms with Crippen molar-refractivity contribution in [3.63, 3.8) is 0 Å². The first-order chi connectivity index (χ1) is 3.39. The van der Waals surface area contributed by atoms with Crippen LogP contribution in [0.4, 0.5) is 0 Å². The van der Waals surface area contributed by atoms with Crippen molar-refractivity contribution in [1.82, 2.24) is 0 Å². The average Bonchev–Trinajstić information content (AvgIpc) is 1.69. The van der Waals surface area contributed by atoms with Gasteiger partial charge in [-0.3, -0.25) is 0 Å². The van der Waals surface area contributed by atoms with Gasteiger partial charge in [-0.1, -0.05) is 22.6 Å². The van der Waals surface area contributed by atoms with Gasteiger partial charge in [0.1, 0.15) is 0 Å². The summed E-state index contributed by atoms with van der Waals surface area (Å²) >= 11 is 6.63. The minimum Gasteiger partial charge on any atom is -0.150 e. The molecule has 0 aromatic carbocycles. The summed E-state index contributed by atoms with van der Waals surface area (Å²) in [5, 5.41) is 1.32. The minimum atomic E-state index is 0.932. The maximum absolute atomic E-state index is 2.52. The Morgan fingerprint density at radius 2 is 1.86 bits per heavy atom. The summed E-state index contributed by atoms with van der Waals surface area (Å²) in [6, 6.07) is 0. The fourth-order valence-corrected chi connectivity index (χ4v) is 4.12. The number of alkyl halides is 1. The molecule has 1 aliphatic rings. The quantitative estimate of drug-likeness (QED) is 0.475. The van der Waals surface area contributed by atoms with Crippen molar-refractivity contribution < 1.29 is 0 Å². The topological polar surface area (TPSA) is 0 Å². The Kier molecular flexibility index (Phi) is 3.23. The van der Waals surface area contributed by atoms with Crippen LogP contribution in [0, 0.1) is 0 Å². The largest absolute Gasteiger partial charge is 0.150 e. The Bertz CT molecular complexity index is 51.7. The van der Waals surface area contributed by atoms with Crippen molar-refractivity contribution >= 4 is 46.1 Å². The lowest BCUT2D eigenvalue weighted by atomic mass is 10.6. The molecule has 42 valence electrons. The van der Waals surface area contributed by atoms with Crippen LogP contribution in [0.15, 0.2) is 0 Å². The number of thioether (sulfide) groups is 2.